The first kappa shape index (κ1) is 23.0. The molecule has 1 aromatic heterocycles. The Morgan fingerprint density at radius 2 is 1.74 bits per heavy atom. The van der Waals surface area contributed by atoms with Gasteiger partial charge in [0.25, 0.3) is 0 Å². The minimum atomic E-state index is -1.16. The first-order valence-corrected chi connectivity index (χ1v) is 10.9. The summed E-state index contributed by atoms with van der Waals surface area (Å²) in [6, 6.07) is 15.8. The number of ether oxygens (including phenoxy) is 1. The Balaban J connectivity index is 1.21. The van der Waals surface area contributed by atoms with Gasteiger partial charge in [0, 0.05) is 24.9 Å². The molecule has 0 spiro atoms. The number of hydrogen-bond donors (Lipinski definition) is 3. The van der Waals surface area contributed by atoms with E-state index >= 15 is 0 Å². The predicted molar refractivity (Wildman–Crippen MR) is 122 cm³/mol. The maximum Gasteiger partial charge on any atom is 0.407 e. The summed E-state index contributed by atoms with van der Waals surface area (Å²) >= 11 is 0. The van der Waals surface area contributed by atoms with E-state index in [0.717, 1.165) is 22.3 Å². The third-order valence-corrected chi connectivity index (χ3v) is 5.62. The van der Waals surface area contributed by atoms with E-state index in [1.54, 1.807) is 6.92 Å². The van der Waals surface area contributed by atoms with Crippen LogP contribution in [0.15, 0.2) is 54.7 Å². The van der Waals surface area contributed by atoms with Crippen LogP contribution >= 0.6 is 0 Å². The van der Waals surface area contributed by atoms with Gasteiger partial charge in [-0.3, -0.25) is 4.79 Å². The van der Waals surface area contributed by atoms with Crippen LogP contribution in [0.2, 0.25) is 0 Å². The van der Waals surface area contributed by atoms with Crippen LogP contribution in [0.5, 0.6) is 0 Å². The van der Waals surface area contributed by atoms with E-state index in [-0.39, 0.29) is 43.6 Å². The Kier molecular flexibility index (Phi) is 6.86. The van der Waals surface area contributed by atoms with E-state index in [4.69, 9.17) is 9.84 Å². The van der Waals surface area contributed by atoms with Gasteiger partial charge in [-0.1, -0.05) is 53.7 Å². The maximum atomic E-state index is 12.3. The van der Waals surface area contributed by atoms with E-state index in [1.165, 1.54) is 10.9 Å². The number of nitrogens with one attached hydrogen (secondary N) is 2. The first-order valence-electron chi connectivity index (χ1n) is 10.9. The van der Waals surface area contributed by atoms with Gasteiger partial charge in [0.05, 0.1) is 12.7 Å². The number of alkyl carbamates (subject to hydrolysis) is 1. The molecule has 1 atom stereocenters. The Bertz CT molecular complexity index is 1160. The fourth-order valence-corrected chi connectivity index (χ4v) is 4.06. The molecular formula is C24H25N5O5. The molecule has 1 aliphatic carbocycles. The zero-order valence-electron chi connectivity index (χ0n) is 18.6. The summed E-state index contributed by atoms with van der Waals surface area (Å²) in [6.07, 6.45) is 0.781. The highest BCUT2D eigenvalue weighted by atomic mass is 16.5. The van der Waals surface area contributed by atoms with Crippen molar-refractivity contribution in [3.8, 4) is 11.1 Å². The molecule has 34 heavy (non-hydrogen) atoms. The van der Waals surface area contributed by atoms with Crippen molar-refractivity contribution < 1.29 is 24.2 Å². The Morgan fingerprint density at radius 1 is 1.09 bits per heavy atom. The van der Waals surface area contributed by atoms with Gasteiger partial charge >= 0.3 is 12.1 Å². The predicted octanol–water partition coefficient (Wildman–Crippen LogP) is 2.41. The summed E-state index contributed by atoms with van der Waals surface area (Å²) in [4.78, 5) is 35.3. The molecule has 1 heterocycles. The minimum absolute atomic E-state index is 0.0322. The number of carboxylic acids is 1. The number of carbonyl (C=O) groups excluding carboxylic acids is 2. The summed E-state index contributed by atoms with van der Waals surface area (Å²) in [7, 11) is 0. The van der Waals surface area contributed by atoms with E-state index in [9.17, 15) is 14.4 Å². The van der Waals surface area contributed by atoms with E-state index in [1.807, 2.05) is 24.3 Å². The number of hydrogen-bond acceptors (Lipinski definition) is 6. The molecule has 2 aromatic carbocycles. The highest BCUT2D eigenvalue weighted by Crippen LogP contribution is 2.44. The Morgan fingerprint density at radius 3 is 2.35 bits per heavy atom. The van der Waals surface area contributed by atoms with Crippen molar-refractivity contribution in [1.29, 1.82) is 0 Å². The second kappa shape index (κ2) is 10.2. The topological polar surface area (TPSA) is 135 Å². The van der Waals surface area contributed by atoms with Gasteiger partial charge in [0.1, 0.15) is 6.61 Å². The summed E-state index contributed by atoms with van der Waals surface area (Å²) in [6.45, 7) is 2.45. The number of carboxylic acid groups (broad SMARTS) is 1. The van der Waals surface area contributed by atoms with E-state index in [2.05, 4.69) is 45.2 Å². The molecule has 4 rings (SSSR count). The molecular weight excluding hydrogens is 438 g/mol. The number of carbonyl (C=O) groups is 3. The van der Waals surface area contributed by atoms with E-state index < -0.39 is 18.1 Å². The summed E-state index contributed by atoms with van der Waals surface area (Å²) in [5.41, 5.74) is 4.41. The lowest BCUT2D eigenvalue weighted by atomic mass is 9.98. The fraction of sp³-hybridized carbons (Fsp3) is 0.292. The molecule has 3 N–H and O–H groups in total. The second-order valence-electron chi connectivity index (χ2n) is 8.10. The lowest BCUT2D eigenvalue weighted by molar-refractivity contribution is -0.121. The van der Waals surface area contributed by atoms with Crippen LogP contribution in [0.25, 0.3) is 11.1 Å². The molecule has 0 fully saturated rings. The van der Waals surface area contributed by atoms with Crippen molar-refractivity contribution in [2.45, 2.75) is 31.8 Å². The number of aromatic carboxylic acids is 1. The van der Waals surface area contributed by atoms with Crippen molar-refractivity contribution in [3.63, 3.8) is 0 Å². The number of amides is 2. The van der Waals surface area contributed by atoms with Gasteiger partial charge in [-0.25, -0.2) is 14.3 Å². The Labute approximate surface area is 195 Å². The first-order chi connectivity index (χ1) is 16.4. The number of fused-ring (bicyclic) bond motifs is 3. The van der Waals surface area contributed by atoms with Crippen molar-refractivity contribution in [1.82, 2.24) is 25.6 Å². The van der Waals surface area contributed by atoms with Crippen molar-refractivity contribution in [2.24, 2.45) is 0 Å². The highest BCUT2D eigenvalue weighted by molar-refractivity contribution is 5.84. The van der Waals surface area contributed by atoms with Crippen LogP contribution in [0.3, 0.4) is 0 Å². The van der Waals surface area contributed by atoms with Crippen LogP contribution in [0.4, 0.5) is 4.79 Å². The number of aromatic nitrogens is 3. The smallest absolute Gasteiger partial charge is 0.407 e. The van der Waals surface area contributed by atoms with Crippen molar-refractivity contribution in [2.75, 3.05) is 13.2 Å². The van der Waals surface area contributed by atoms with Gasteiger partial charge < -0.3 is 20.5 Å². The van der Waals surface area contributed by atoms with E-state index in [0.29, 0.717) is 0 Å². The molecule has 0 unspecified atom stereocenters. The van der Waals surface area contributed by atoms with Gasteiger partial charge in [0.15, 0.2) is 5.69 Å². The quantitative estimate of drug-likeness (QED) is 0.443. The third kappa shape index (κ3) is 5.22. The number of nitrogens with zero attached hydrogens (tertiary/aromatic N) is 3. The standard InChI is InChI=1S/C24H25N5O5/c1-15(12-22(30)25-10-11-29-13-21(23(31)32)27-28-29)26-24(33)34-14-20-18-8-4-2-6-16(18)17-7-3-5-9-19(17)20/h2-9,13,15,20H,10-12,14H2,1H3,(H,25,30)(H,26,33)(H,31,32)/t15-/m1/s1. The summed E-state index contributed by atoms with van der Waals surface area (Å²) < 4.78 is 6.84. The van der Waals surface area contributed by atoms with Crippen LogP contribution in [0.1, 0.15) is 40.9 Å². The molecule has 10 nitrogen and oxygen atoms in total. The van der Waals surface area contributed by atoms with Gasteiger partial charge in [-0.2, -0.15) is 0 Å². The average molecular weight is 463 g/mol. The lowest BCUT2D eigenvalue weighted by Gasteiger charge is -2.17. The van der Waals surface area contributed by atoms with Crippen LogP contribution < -0.4 is 10.6 Å². The Hall–Kier alpha value is -4.21. The zero-order chi connectivity index (χ0) is 24.1. The molecule has 2 amide bonds. The molecule has 0 aliphatic heterocycles. The normalized spacial score (nSPS) is 13.0. The maximum absolute atomic E-state index is 12.3. The molecule has 0 radical (unpaired) electrons. The monoisotopic (exact) mass is 463 g/mol. The van der Waals surface area contributed by atoms with Gasteiger partial charge in [-0.15, -0.1) is 5.10 Å². The number of benzene rings is 2. The third-order valence-electron chi connectivity index (χ3n) is 5.62. The fourth-order valence-electron chi connectivity index (χ4n) is 4.06. The summed E-state index contributed by atoms with van der Waals surface area (Å²) in [5.74, 6) is -1.45. The van der Waals surface area contributed by atoms with Crippen LogP contribution in [-0.4, -0.2) is 57.3 Å². The second-order valence-corrected chi connectivity index (χ2v) is 8.10. The molecule has 0 saturated heterocycles. The lowest BCUT2D eigenvalue weighted by Crippen LogP contribution is -2.38. The molecule has 10 heteroatoms. The zero-order valence-corrected chi connectivity index (χ0v) is 18.6. The van der Waals surface area contributed by atoms with Gasteiger partial charge in [-0.05, 0) is 29.2 Å². The molecule has 3 aromatic rings. The summed E-state index contributed by atoms with van der Waals surface area (Å²) in [5, 5.41) is 21.4. The van der Waals surface area contributed by atoms with Crippen molar-refractivity contribution in [3.05, 3.63) is 71.5 Å². The number of rotatable bonds is 9. The SMILES string of the molecule is C[C@H](CC(=O)NCCn1cc(C(=O)O)nn1)NC(=O)OCC1c2ccccc2-c2ccccc21. The molecule has 176 valence electrons. The molecule has 0 saturated carbocycles. The average Bonchev–Trinajstić information content (AvgIpc) is 3.41. The van der Waals surface area contributed by atoms with Crippen LogP contribution in [0, 0.1) is 0 Å². The van der Waals surface area contributed by atoms with Gasteiger partial charge in [0.2, 0.25) is 5.91 Å². The molecule has 1 aliphatic rings. The van der Waals surface area contributed by atoms with Crippen molar-refractivity contribution >= 4 is 18.0 Å². The largest absolute Gasteiger partial charge is 0.476 e. The minimum Gasteiger partial charge on any atom is -0.476 e. The van der Waals surface area contributed by atoms with Crippen LogP contribution in [-0.2, 0) is 16.1 Å². The molecule has 0 bridgehead atoms. The highest BCUT2D eigenvalue weighted by Gasteiger charge is 2.29.